The van der Waals surface area contributed by atoms with Crippen LogP contribution in [0.25, 0.3) is 21.3 Å². The first-order valence-corrected chi connectivity index (χ1v) is 15.1. The van der Waals surface area contributed by atoms with Crippen LogP contribution in [0, 0.1) is 6.92 Å². The van der Waals surface area contributed by atoms with Crippen LogP contribution < -0.4 is 5.56 Å². The third-order valence-electron chi connectivity index (χ3n) is 7.84. The summed E-state index contributed by atoms with van der Waals surface area (Å²) in [5.74, 6) is -0.857. The van der Waals surface area contributed by atoms with E-state index in [1.165, 1.54) is 16.0 Å². The Morgan fingerprint density at radius 2 is 1.80 bits per heavy atom. The molecule has 2 aromatic carbocycles. The minimum atomic E-state index is -1.80. The fourth-order valence-electron chi connectivity index (χ4n) is 6.36. The summed E-state index contributed by atoms with van der Waals surface area (Å²) in [6, 6.07) is 18.6. The van der Waals surface area contributed by atoms with Crippen molar-refractivity contribution in [2.24, 2.45) is 0 Å². The molecular formula is C34H39NO4S. The lowest BCUT2D eigenvalue weighted by atomic mass is 9.78. The summed E-state index contributed by atoms with van der Waals surface area (Å²) >= 11 is 1.65. The maximum absolute atomic E-state index is 14.1. The Kier molecular flexibility index (Phi) is 7.77. The minimum Gasteiger partial charge on any atom is -0.479 e. The number of ether oxygens (including phenoxy) is 1. The molecule has 0 saturated heterocycles. The highest BCUT2D eigenvalue weighted by Gasteiger charge is 2.48. The number of hydrogen-bond acceptors (Lipinski definition) is 4. The van der Waals surface area contributed by atoms with Crippen molar-refractivity contribution >= 4 is 27.5 Å². The van der Waals surface area contributed by atoms with Gasteiger partial charge in [0.05, 0.1) is 11.2 Å². The molecule has 0 amide bonds. The normalized spacial score (nSPS) is 17.0. The van der Waals surface area contributed by atoms with E-state index in [9.17, 15) is 14.7 Å². The fourth-order valence-corrected chi connectivity index (χ4v) is 7.69. The highest BCUT2D eigenvalue weighted by atomic mass is 32.1. The Hall–Kier alpha value is -3.22. The number of aromatic amines is 1. The smallest absolute Gasteiger partial charge is 0.340 e. The van der Waals surface area contributed by atoms with Gasteiger partial charge < -0.3 is 14.8 Å². The summed E-state index contributed by atoms with van der Waals surface area (Å²) in [6.07, 6.45) is 4.74. The van der Waals surface area contributed by atoms with Crippen LogP contribution >= 0.6 is 11.3 Å². The van der Waals surface area contributed by atoms with Gasteiger partial charge in [-0.3, -0.25) is 4.79 Å². The van der Waals surface area contributed by atoms with Gasteiger partial charge in [-0.1, -0.05) is 73.5 Å². The lowest BCUT2D eigenvalue weighted by Crippen LogP contribution is -2.48. The van der Waals surface area contributed by atoms with Crippen LogP contribution in [-0.4, -0.2) is 21.7 Å². The van der Waals surface area contributed by atoms with Gasteiger partial charge in [0, 0.05) is 15.8 Å². The molecule has 40 heavy (non-hydrogen) atoms. The summed E-state index contributed by atoms with van der Waals surface area (Å²) in [7, 11) is 0. The van der Waals surface area contributed by atoms with Crippen molar-refractivity contribution in [2.45, 2.75) is 90.3 Å². The second kappa shape index (κ2) is 11.0. The summed E-state index contributed by atoms with van der Waals surface area (Å²) in [6.45, 7) is 9.51. The predicted octanol–water partition coefficient (Wildman–Crippen LogP) is 8.12. The van der Waals surface area contributed by atoms with E-state index >= 15 is 0 Å². The van der Waals surface area contributed by atoms with Gasteiger partial charge in [0.2, 0.25) is 0 Å². The van der Waals surface area contributed by atoms with Crippen LogP contribution in [0.5, 0.6) is 0 Å². The molecule has 0 spiro atoms. The number of H-pyrrole nitrogens is 1. The van der Waals surface area contributed by atoms with Gasteiger partial charge in [0.1, 0.15) is 4.83 Å². The molecule has 2 atom stereocenters. The number of benzene rings is 2. The van der Waals surface area contributed by atoms with E-state index in [2.05, 4.69) is 29.2 Å². The van der Waals surface area contributed by atoms with Gasteiger partial charge in [-0.15, -0.1) is 11.3 Å². The van der Waals surface area contributed by atoms with E-state index in [4.69, 9.17) is 4.74 Å². The van der Waals surface area contributed by atoms with Gasteiger partial charge in [-0.05, 0) is 82.4 Å². The van der Waals surface area contributed by atoms with E-state index in [0.717, 1.165) is 47.0 Å². The first-order valence-electron chi connectivity index (χ1n) is 14.3. The van der Waals surface area contributed by atoms with E-state index in [1.807, 2.05) is 65.0 Å². The van der Waals surface area contributed by atoms with Crippen molar-refractivity contribution in [2.75, 3.05) is 0 Å². The quantitative estimate of drug-likeness (QED) is 0.229. The molecule has 0 radical (unpaired) electrons. The summed E-state index contributed by atoms with van der Waals surface area (Å²) in [4.78, 5) is 32.6. The number of aromatic nitrogens is 1. The number of aryl methyl sites for hydroxylation is 2. The molecule has 6 heteroatoms. The number of hydrogen-bond donors (Lipinski definition) is 2. The number of pyridine rings is 1. The maximum Gasteiger partial charge on any atom is 0.340 e. The van der Waals surface area contributed by atoms with Crippen molar-refractivity contribution in [3.8, 4) is 11.1 Å². The van der Waals surface area contributed by atoms with E-state index in [1.54, 1.807) is 11.3 Å². The molecule has 4 aromatic rings. The largest absolute Gasteiger partial charge is 0.479 e. The number of nitrogens with one attached hydrogen (secondary N) is 1. The molecule has 0 fully saturated rings. The average molecular weight is 558 g/mol. The van der Waals surface area contributed by atoms with Crippen molar-refractivity contribution in [1.82, 2.24) is 4.98 Å². The number of carboxylic acids is 1. The van der Waals surface area contributed by atoms with Crippen LogP contribution in [0.2, 0.25) is 0 Å². The summed E-state index contributed by atoms with van der Waals surface area (Å²) < 4.78 is 6.46. The second-order valence-corrected chi connectivity index (χ2v) is 13.2. The van der Waals surface area contributed by atoms with Crippen molar-refractivity contribution in [3.63, 3.8) is 0 Å². The van der Waals surface area contributed by atoms with Gasteiger partial charge in [0.15, 0.2) is 5.60 Å². The monoisotopic (exact) mass is 557 g/mol. The van der Waals surface area contributed by atoms with Gasteiger partial charge in [-0.2, -0.15) is 0 Å². The molecule has 2 aromatic heterocycles. The van der Waals surface area contributed by atoms with Crippen molar-refractivity contribution in [1.29, 1.82) is 0 Å². The number of carboxylic acid groups (broad SMARTS) is 1. The molecule has 210 valence electrons. The molecule has 2 N–H and O–H groups in total. The molecule has 1 aliphatic rings. The predicted molar refractivity (Wildman–Crippen MR) is 164 cm³/mol. The zero-order chi connectivity index (χ0) is 28.7. The lowest BCUT2D eigenvalue weighted by molar-refractivity contribution is -0.190. The molecule has 5 rings (SSSR count). The molecule has 5 nitrogen and oxygen atoms in total. The third kappa shape index (κ3) is 5.27. The SMILES string of the molecule is CCCC(OC(C)(C)C)(C(=O)O)c1c(-c2ccc(C)cc2)c2c3c(sc2[nH]c1=O)CCCC3Cc1ccccc1. The second-order valence-electron chi connectivity index (χ2n) is 12.1. The molecule has 1 aliphatic carbocycles. The summed E-state index contributed by atoms with van der Waals surface area (Å²) in [5, 5.41) is 11.8. The van der Waals surface area contributed by atoms with Crippen molar-refractivity contribution < 1.29 is 14.6 Å². The highest BCUT2D eigenvalue weighted by molar-refractivity contribution is 7.19. The number of aliphatic carboxylic acids is 1. The van der Waals surface area contributed by atoms with Gasteiger partial charge in [-0.25, -0.2) is 4.79 Å². The van der Waals surface area contributed by atoms with Crippen LogP contribution in [0.15, 0.2) is 59.4 Å². The third-order valence-corrected chi connectivity index (χ3v) is 9.02. The molecule has 0 saturated carbocycles. The van der Waals surface area contributed by atoms with Crippen LogP contribution in [0.3, 0.4) is 0 Å². The maximum atomic E-state index is 14.1. The number of carbonyl (C=O) groups is 1. The first-order chi connectivity index (χ1) is 19.0. The zero-order valence-corrected chi connectivity index (χ0v) is 24.9. The topological polar surface area (TPSA) is 79.4 Å². The summed E-state index contributed by atoms with van der Waals surface area (Å²) in [5.41, 5.74) is 2.43. The van der Waals surface area contributed by atoms with E-state index in [0.29, 0.717) is 12.0 Å². The van der Waals surface area contributed by atoms with Crippen LogP contribution in [-0.2, 0) is 28.0 Å². The van der Waals surface area contributed by atoms with Crippen LogP contribution in [0.1, 0.15) is 86.4 Å². The lowest BCUT2D eigenvalue weighted by Gasteiger charge is -2.37. The van der Waals surface area contributed by atoms with E-state index in [-0.39, 0.29) is 23.5 Å². The number of rotatable bonds is 8. The van der Waals surface area contributed by atoms with Crippen LogP contribution in [0.4, 0.5) is 0 Å². The molecule has 2 heterocycles. The Bertz CT molecular complexity index is 1580. The number of thiophene rings is 1. The Balaban J connectivity index is 1.89. The molecule has 0 aliphatic heterocycles. The Morgan fingerprint density at radius 3 is 2.42 bits per heavy atom. The first kappa shape index (κ1) is 28.3. The minimum absolute atomic E-state index is 0.187. The fraction of sp³-hybridized carbons (Fsp3) is 0.412. The Morgan fingerprint density at radius 1 is 1.10 bits per heavy atom. The van der Waals surface area contributed by atoms with E-state index < -0.39 is 17.2 Å². The molecule has 0 bridgehead atoms. The van der Waals surface area contributed by atoms with Crippen molar-refractivity contribution in [3.05, 3.63) is 92.1 Å². The standard InChI is InChI=1S/C34H39NO4S/c1-6-19-34(32(37)38,39-33(3,4)5)29-27(23-17-15-21(2)16-18-23)28-26-24(20-22-11-8-7-9-12-22)13-10-14-25(26)40-31(28)35-30(29)36/h7-9,11-12,15-18,24H,6,10,13-14,19-20H2,1-5H3,(H,35,36)(H,37,38). The molecular weight excluding hydrogens is 518 g/mol. The zero-order valence-electron chi connectivity index (χ0n) is 24.1. The number of fused-ring (bicyclic) bond motifs is 3. The van der Waals surface area contributed by atoms with Gasteiger partial charge >= 0.3 is 5.97 Å². The Labute approximate surface area is 240 Å². The van der Waals surface area contributed by atoms with Gasteiger partial charge in [0.25, 0.3) is 5.56 Å². The average Bonchev–Trinajstić information content (AvgIpc) is 3.27. The highest BCUT2D eigenvalue weighted by Crippen LogP contribution is 2.49. The molecule has 2 unspecified atom stereocenters.